The van der Waals surface area contributed by atoms with Gasteiger partial charge in [-0.1, -0.05) is 41.4 Å². The van der Waals surface area contributed by atoms with Gasteiger partial charge in [-0.05, 0) is 44.5 Å². The van der Waals surface area contributed by atoms with E-state index in [2.05, 4.69) is 0 Å². The zero-order chi connectivity index (χ0) is 20.6. The van der Waals surface area contributed by atoms with Crippen LogP contribution in [-0.2, 0) is 21.7 Å². The Labute approximate surface area is 173 Å². The molecular weight excluding hydrogens is 401 g/mol. The first-order valence-corrected chi connectivity index (χ1v) is 9.67. The molecule has 2 aromatic rings. The number of hydrogen-bond acceptors (Lipinski definition) is 4. The summed E-state index contributed by atoms with van der Waals surface area (Å²) in [4.78, 5) is 26.2. The molecule has 0 saturated carbocycles. The summed E-state index contributed by atoms with van der Waals surface area (Å²) in [5.41, 5.74) is -0.499. The highest BCUT2D eigenvalue weighted by Gasteiger charge is 2.51. The SMILES string of the molecule is CC(=O)CC1(O)C(=O)N(Cc2ccc(OC(C)C)cc2)c2c1ccc(Cl)c2Cl. The van der Waals surface area contributed by atoms with Gasteiger partial charge in [0.05, 0.1) is 28.4 Å². The van der Waals surface area contributed by atoms with Crippen molar-refractivity contribution in [2.24, 2.45) is 0 Å². The van der Waals surface area contributed by atoms with E-state index in [4.69, 9.17) is 27.9 Å². The summed E-state index contributed by atoms with van der Waals surface area (Å²) in [6.45, 7) is 5.39. The van der Waals surface area contributed by atoms with Gasteiger partial charge in [-0.15, -0.1) is 0 Å². The number of ketones is 1. The maximum Gasteiger partial charge on any atom is 0.264 e. The number of fused-ring (bicyclic) bond motifs is 1. The van der Waals surface area contributed by atoms with Crippen molar-refractivity contribution in [2.45, 2.75) is 45.4 Å². The normalized spacial score (nSPS) is 18.5. The van der Waals surface area contributed by atoms with Gasteiger partial charge in [-0.2, -0.15) is 0 Å². The van der Waals surface area contributed by atoms with E-state index in [1.165, 1.54) is 17.9 Å². The second kappa shape index (κ2) is 7.74. The van der Waals surface area contributed by atoms with Crippen molar-refractivity contribution in [1.82, 2.24) is 0 Å². The van der Waals surface area contributed by atoms with Crippen LogP contribution >= 0.6 is 23.2 Å². The van der Waals surface area contributed by atoms with Crippen LogP contribution in [0.5, 0.6) is 5.75 Å². The van der Waals surface area contributed by atoms with E-state index in [0.29, 0.717) is 11.3 Å². The van der Waals surface area contributed by atoms with Crippen LogP contribution in [0, 0.1) is 0 Å². The van der Waals surface area contributed by atoms with E-state index in [1.54, 1.807) is 6.07 Å². The predicted molar refractivity (Wildman–Crippen MR) is 109 cm³/mol. The predicted octanol–water partition coefficient (Wildman–Crippen LogP) is 4.49. The van der Waals surface area contributed by atoms with Crippen LogP contribution in [0.2, 0.25) is 10.0 Å². The van der Waals surface area contributed by atoms with Crippen molar-refractivity contribution in [1.29, 1.82) is 0 Å². The molecule has 1 atom stereocenters. The minimum atomic E-state index is -1.95. The van der Waals surface area contributed by atoms with Crippen LogP contribution in [0.3, 0.4) is 0 Å². The molecule has 1 heterocycles. The summed E-state index contributed by atoms with van der Waals surface area (Å²) >= 11 is 12.5. The molecule has 3 rings (SSSR count). The quantitative estimate of drug-likeness (QED) is 0.745. The minimum absolute atomic E-state index is 0.0559. The Bertz CT molecular complexity index is 927. The first-order valence-electron chi connectivity index (χ1n) is 8.91. The molecule has 2 aromatic carbocycles. The van der Waals surface area contributed by atoms with Crippen LogP contribution in [0.1, 0.15) is 38.3 Å². The zero-order valence-electron chi connectivity index (χ0n) is 15.8. The van der Waals surface area contributed by atoms with Crippen molar-refractivity contribution >= 4 is 40.6 Å². The molecule has 0 spiro atoms. The zero-order valence-corrected chi connectivity index (χ0v) is 17.3. The highest BCUT2D eigenvalue weighted by molar-refractivity contribution is 6.44. The van der Waals surface area contributed by atoms with Crippen molar-refractivity contribution in [3.8, 4) is 5.75 Å². The van der Waals surface area contributed by atoms with Crippen LogP contribution in [0.15, 0.2) is 36.4 Å². The van der Waals surface area contributed by atoms with Gasteiger partial charge < -0.3 is 14.7 Å². The van der Waals surface area contributed by atoms with Crippen LogP contribution in [0.25, 0.3) is 0 Å². The molecule has 1 aliphatic heterocycles. The second-order valence-electron chi connectivity index (χ2n) is 7.20. The Kier molecular flexibility index (Phi) is 5.71. The lowest BCUT2D eigenvalue weighted by Gasteiger charge is -2.22. The number of aliphatic hydroxyl groups is 1. The molecule has 0 radical (unpaired) electrons. The number of carbonyl (C=O) groups excluding carboxylic acids is 2. The monoisotopic (exact) mass is 421 g/mol. The number of amides is 1. The smallest absolute Gasteiger partial charge is 0.264 e. The van der Waals surface area contributed by atoms with E-state index >= 15 is 0 Å². The lowest BCUT2D eigenvalue weighted by atomic mass is 9.90. The highest BCUT2D eigenvalue weighted by atomic mass is 35.5. The van der Waals surface area contributed by atoms with Gasteiger partial charge in [-0.25, -0.2) is 0 Å². The molecule has 0 bridgehead atoms. The summed E-state index contributed by atoms with van der Waals surface area (Å²) in [5.74, 6) is -0.171. The number of nitrogens with zero attached hydrogens (tertiary/aromatic N) is 1. The van der Waals surface area contributed by atoms with Crippen LogP contribution in [-0.4, -0.2) is 22.9 Å². The standard InChI is InChI=1S/C21H21Cl2NO4/c1-12(2)28-15-6-4-14(5-7-15)11-24-19-16(8-9-17(22)18(19)23)21(27,20(24)26)10-13(3)25/h4-9,12,27H,10-11H2,1-3H3. The number of carbonyl (C=O) groups is 2. The molecule has 7 heteroatoms. The summed E-state index contributed by atoms with van der Waals surface area (Å²) in [5, 5.41) is 11.5. The first-order chi connectivity index (χ1) is 13.1. The third-order valence-corrected chi connectivity index (χ3v) is 5.32. The molecule has 1 amide bonds. The summed E-state index contributed by atoms with van der Waals surface area (Å²) < 4.78 is 5.63. The van der Waals surface area contributed by atoms with Gasteiger partial charge in [0.1, 0.15) is 11.5 Å². The highest BCUT2D eigenvalue weighted by Crippen LogP contribution is 2.48. The topological polar surface area (TPSA) is 66.8 Å². The van der Waals surface area contributed by atoms with Gasteiger partial charge in [0.25, 0.3) is 5.91 Å². The van der Waals surface area contributed by atoms with Crippen LogP contribution in [0.4, 0.5) is 5.69 Å². The molecule has 1 aliphatic rings. The Morgan fingerprint density at radius 2 is 1.82 bits per heavy atom. The Hall–Kier alpha value is -2.08. The fraction of sp³-hybridized carbons (Fsp3) is 0.333. The summed E-state index contributed by atoms with van der Waals surface area (Å²) in [7, 11) is 0. The number of halogens is 2. The Morgan fingerprint density at radius 1 is 1.18 bits per heavy atom. The number of anilines is 1. The van der Waals surface area contributed by atoms with Crippen molar-refractivity contribution in [2.75, 3.05) is 4.90 Å². The molecular formula is C21H21Cl2NO4. The molecule has 1 N–H and O–H groups in total. The average molecular weight is 422 g/mol. The van der Waals surface area contributed by atoms with E-state index in [9.17, 15) is 14.7 Å². The van der Waals surface area contributed by atoms with Gasteiger partial charge in [0.15, 0.2) is 5.60 Å². The maximum absolute atomic E-state index is 13.1. The third-order valence-electron chi connectivity index (χ3n) is 4.52. The number of rotatable bonds is 6. The van der Waals surface area contributed by atoms with Crippen molar-refractivity contribution in [3.05, 3.63) is 57.6 Å². The number of benzene rings is 2. The van der Waals surface area contributed by atoms with Gasteiger partial charge in [-0.3, -0.25) is 9.59 Å². The largest absolute Gasteiger partial charge is 0.491 e. The van der Waals surface area contributed by atoms with Gasteiger partial charge in [0, 0.05) is 12.0 Å². The minimum Gasteiger partial charge on any atom is -0.491 e. The molecule has 0 aromatic heterocycles. The third kappa shape index (κ3) is 3.75. The lowest BCUT2D eigenvalue weighted by Crippen LogP contribution is -2.41. The van der Waals surface area contributed by atoms with Crippen molar-refractivity contribution < 1.29 is 19.4 Å². The Balaban J connectivity index is 1.99. The Morgan fingerprint density at radius 3 is 2.39 bits per heavy atom. The van der Waals surface area contributed by atoms with E-state index in [-0.39, 0.29) is 34.9 Å². The van der Waals surface area contributed by atoms with Crippen molar-refractivity contribution in [3.63, 3.8) is 0 Å². The number of ether oxygens (including phenoxy) is 1. The lowest BCUT2D eigenvalue weighted by molar-refractivity contribution is -0.141. The molecule has 0 saturated heterocycles. The average Bonchev–Trinajstić information content (AvgIpc) is 2.81. The summed E-state index contributed by atoms with van der Waals surface area (Å²) in [6, 6.07) is 10.4. The first kappa shape index (κ1) is 20.6. The molecule has 5 nitrogen and oxygen atoms in total. The molecule has 1 unspecified atom stereocenters. The summed E-state index contributed by atoms with van der Waals surface area (Å²) in [6.07, 6.45) is -0.269. The second-order valence-corrected chi connectivity index (χ2v) is 7.98. The maximum atomic E-state index is 13.1. The van der Waals surface area contributed by atoms with Gasteiger partial charge >= 0.3 is 0 Å². The van der Waals surface area contributed by atoms with Crippen LogP contribution < -0.4 is 9.64 Å². The van der Waals surface area contributed by atoms with E-state index < -0.39 is 11.5 Å². The molecule has 148 valence electrons. The number of hydrogen-bond donors (Lipinski definition) is 1. The molecule has 0 fully saturated rings. The fourth-order valence-electron chi connectivity index (χ4n) is 3.39. The number of Topliss-reactive ketones (excluding diaryl/α,β-unsaturated/α-hetero) is 1. The van der Waals surface area contributed by atoms with Gasteiger partial charge in [0.2, 0.25) is 0 Å². The van der Waals surface area contributed by atoms with E-state index in [0.717, 1.165) is 11.3 Å². The molecule has 0 aliphatic carbocycles. The fourth-order valence-corrected chi connectivity index (χ4v) is 3.81. The molecule has 28 heavy (non-hydrogen) atoms. The van der Waals surface area contributed by atoms with E-state index in [1.807, 2.05) is 38.1 Å².